The lowest BCUT2D eigenvalue weighted by atomic mass is 10.2. The van der Waals surface area contributed by atoms with Crippen LogP contribution in [0.5, 0.6) is 0 Å². The topological polar surface area (TPSA) is 43.0 Å². The molecule has 108 valence electrons. The van der Waals surface area contributed by atoms with Crippen LogP contribution in [0, 0.1) is 0 Å². The summed E-state index contributed by atoms with van der Waals surface area (Å²) in [6.07, 6.45) is 5.28. The Morgan fingerprint density at radius 3 is 2.71 bits per heavy atom. The van der Waals surface area contributed by atoms with E-state index in [1.807, 2.05) is 36.0 Å². The van der Waals surface area contributed by atoms with E-state index in [1.54, 1.807) is 24.6 Å². The minimum atomic E-state index is -0.211. The van der Waals surface area contributed by atoms with E-state index in [0.717, 1.165) is 17.3 Å². The predicted molar refractivity (Wildman–Crippen MR) is 83.8 cm³/mol. The van der Waals surface area contributed by atoms with Crippen molar-refractivity contribution in [2.24, 2.45) is 7.05 Å². The molecule has 21 heavy (non-hydrogen) atoms. The van der Waals surface area contributed by atoms with Crippen LogP contribution in [-0.2, 0) is 7.05 Å². The van der Waals surface area contributed by atoms with Gasteiger partial charge in [0.15, 0.2) is 0 Å². The first-order chi connectivity index (χ1) is 10.1. The van der Waals surface area contributed by atoms with Gasteiger partial charge < -0.3 is 14.3 Å². The summed E-state index contributed by atoms with van der Waals surface area (Å²) in [5, 5.41) is 4.39. The molecule has 2 aromatic heterocycles. The summed E-state index contributed by atoms with van der Waals surface area (Å²) in [5.41, 5.74) is 0.841. The third kappa shape index (κ3) is 2.91. The number of rotatable bonds is 4. The molecule has 0 saturated carbocycles. The van der Waals surface area contributed by atoms with Gasteiger partial charge in [0.1, 0.15) is 17.6 Å². The van der Waals surface area contributed by atoms with Crippen molar-refractivity contribution >= 4 is 28.9 Å². The Balaban J connectivity index is 1.97. The van der Waals surface area contributed by atoms with Crippen LogP contribution in [0.15, 0.2) is 53.4 Å². The number of nitrogens with zero attached hydrogens (tertiary/aromatic N) is 2. The molecular formula is C15H13Cl2N3O. The second-order valence-corrected chi connectivity index (χ2v) is 5.43. The van der Waals surface area contributed by atoms with Crippen molar-refractivity contribution in [3.8, 4) is 0 Å². The molecule has 0 aliphatic heterocycles. The molecule has 1 atom stereocenters. The first-order valence-corrected chi connectivity index (χ1v) is 7.13. The van der Waals surface area contributed by atoms with Crippen LogP contribution in [0.1, 0.15) is 17.6 Å². The molecule has 0 saturated heterocycles. The highest BCUT2D eigenvalue weighted by Gasteiger charge is 2.21. The number of nitrogens with one attached hydrogen (secondary N) is 1. The number of hydrogen-bond acceptors (Lipinski definition) is 3. The van der Waals surface area contributed by atoms with Gasteiger partial charge in [-0.2, -0.15) is 0 Å². The number of hydrogen-bond donors (Lipinski definition) is 1. The van der Waals surface area contributed by atoms with Crippen molar-refractivity contribution in [3.05, 3.63) is 70.6 Å². The average molecular weight is 322 g/mol. The average Bonchev–Trinajstić information content (AvgIpc) is 3.12. The maximum absolute atomic E-state index is 6.06. The number of imidazole rings is 1. The van der Waals surface area contributed by atoms with Crippen molar-refractivity contribution in [1.82, 2.24) is 9.55 Å². The van der Waals surface area contributed by atoms with Gasteiger partial charge in [0.05, 0.1) is 16.3 Å². The van der Waals surface area contributed by atoms with Gasteiger partial charge in [-0.05, 0) is 30.3 Å². The van der Waals surface area contributed by atoms with Crippen molar-refractivity contribution in [1.29, 1.82) is 0 Å². The van der Waals surface area contributed by atoms with E-state index in [-0.39, 0.29) is 6.04 Å². The van der Waals surface area contributed by atoms with Crippen molar-refractivity contribution in [3.63, 3.8) is 0 Å². The predicted octanol–water partition coefficient (Wildman–Crippen LogP) is 4.52. The standard InChI is InChI=1S/C15H13Cl2N3O/c1-20-7-6-18-15(20)14(13-3-2-8-21-13)19-10-4-5-11(16)12(17)9-10/h2-9,14,19H,1H3. The van der Waals surface area contributed by atoms with E-state index in [2.05, 4.69) is 10.3 Å². The molecule has 0 amide bonds. The second-order valence-electron chi connectivity index (χ2n) is 4.62. The molecule has 0 fully saturated rings. The summed E-state index contributed by atoms with van der Waals surface area (Å²) in [6.45, 7) is 0. The SMILES string of the molecule is Cn1ccnc1C(Nc1ccc(Cl)c(Cl)c1)c1ccco1. The summed E-state index contributed by atoms with van der Waals surface area (Å²) in [5.74, 6) is 1.62. The minimum absolute atomic E-state index is 0.211. The zero-order valence-electron chi connectivity index (χ0n) is 11.3. The Morgan fingerprint density at radius 2 is 2.10 bits per heavy atom. The normalized spacial score (nSPS) is 12.3. The molecule has 6 heteroatoms. The number of furan rings is 1. The van der Waals surface area contributed by atoms with Gasteiger partial charge in [-0.25, -0.2) is 4.98 Å². The molecule has 0 aliphatic rings. The molecule has 3 rings (SSSR count). The quantitative estimate of drug-likeness (QED) is 0.768. The zero-order valence-corrected chi connectivity index (χ0v) is 12.8. The number of anilines is 1. The van der Waals surface area contributed by atoms with Gasteiger partial charge in [-0.3, -0.25) is 0 Å². The van der Waals surface area contributed by atoms with E-state index < -0.39 is 0 Å². The zero-order chi connectivity index (χ0) is 14.8. The molecule has 0 radical (unpaired) electrons. The highest BCUT2D eigenvalue weighted by molar-refractivity contribution is 6.42. The summed E-state index contributed by atoms with van der Waals surface area (Å²) in [7, 11) is 1.94. The van der Waals surface area contributed by atoms with Gasteiger partial charge >= 0.3 is 0 Å². The van der Waals surface area contributed by atoms with Crippen LogP contribution in [0.4, 0.5) is 5.69 Å². The number of aryl methyl sites for hydroxylation is 1. The van der Waals surface area contributed by atoms with Crippen molar-refractivity contribution in [2.75, 3.05) is 5.32 Å². The summed E-state index contributed by atoms with van der Waals surface area (Å²) < 4.78 is 7.47. The van der Waals surface area contributed by atoms with Crippen LogP contribution in [0.25, 0.3) is 0 Å². The molecule has 0 aliphatic carbocycles. The molecule has 0 spiro atoms. The van der Waals surface area contributed by atoms with Crippen LogP contribution >= 0.6 is 23.2 Å². The summed E-state index contributed by atoms with van der Waals surface area (Å²) in [4.78, 5) is 4.39. The van der Waals surface area contributed by atoms with E-state index in [0.29, 0.717) is 10.0 Å². The lowest BCUT2D eigenvalue weighted by Gasteiger charge is -2.18. The van der Waals surface area contributed by atoms with Gasteiger partial charge in [-0.1, -0.05) is 23.2 Å². The highest BCUT2D eigenvalue weighted by Crippen LogP contribution is 2.30. The van der Waals surface area contributed by atoms with Gasteiger partial charge in [0.2, 0.25) is 0 Å². The van der Waals surface area contributed by atoms with Crippen molar-refractivity contribution < 1.29 is 4.42 Å². The lowest BCUT2D eigenvalue weighted by Crippen LogP contribution is -2.16. The van der Waals surface area contributed by atoms with Gasteiger partial charge in [0, 0.05) is 25.1 Å². The van der Waals surface area contributed by atoms with E-state index in [9.17, 15) is 0 Å². The third-order valence-corrected chi connectivity index (χ3v) is 3.91. The lowest BCUT2D eigenvalue weighted by molar-refractivity contribution is 0.488. The smallest absolute Gasteiger partial charge is 0.143 e. The molecule has 1 N–H and O–H groups in total. The molecular weight excluding hydrogens is 309 g/mol. The van der Waals surface area contributed by atoms with Gasteiger partial charge in [0.25, 0.3) is 0 Å². The summed E-state index contributed by atoms with van der Waals surface area (Å²) in [6, 6.07) is 8.95. The Morgan fingerprint density at radius 1 is 1.24 bits per heavy atom. The fourth-order valence-electron chi connectivity index (χ4n) is 2.13. The maximum atomic E-state index is 6.06. The second kappa shape index (κ2) is 5.84. The number of halogens is 2. The summed E-state index contributed by atoms with van der Waals surface area (Å²) >= 11 is 12.0. The van der Waals surface area contributed by atoms with E-state index in [4.69, 9.17) is 27.6 Å². The van der Waals surface area contributed by atoms with E-state index >= 15 is 0 Å². The fourth-order valence-corrected chi connectivity index (χ4v) is 2.42. The highest BCUT2D eigenvalue weighted by atomic mass is 35.5. The molecule has 1 aromatic carbocycles. The molecule has 2 heterocycles. The first kappa shape index (κ1) is 14.0. The Hall–Kier alpha value is -1.91. The van der Waals surface area contributed by atoms with Crippen molar-refractivity contribution in [2.45, 2.75) is 6.04 Å². The Labute approximate surface area is 132 Å². The molecule has 0 bridgehead atoms. The monoisotopic (exact) mass is 321 g/mol. The Bertz CT molecular complexity index is 737. The van der Waals surface area contributed by atoms with Crippen LogP contribution in [0.2, 0.25) is 10.0 Å². The van der Waals surface area contributed by atoms with Crippen LogP contribution in [-0.4, -0.2) is 9.55 Å². The molecule has 4 nitrogen and oxygen atoms in total. The third-order valence-electron chi connectivity index (χ3n) is 3.17. The minimum Gasteiger partial charge on any atom is -0.467 e. The Kier molecular flexibility index (Phi) is 3.90. The largest absolute Gasteiger partial charge is 0.467 e. The number of benzene rings is 1. The van der Waals surface area contributed by atoms with Crippen LogP contribution in [0.3, 0.4) is 0 Å². The molecule has 1 unspecified atom stereocenters. The van der Waals surface area contributed by atoms with Gasteiger partial charge in [-0.15, -0.1) is 0 Å². The fraction of sp³-hybridized carbons (Fsp3) is 0.133. The molecule has 3 aromatic rings. The first-order valence-electron chi connectivity index (χ1n) is 6.37. The number of aromatic nitrogens is 2. The van der Waals surface area contributed by atoms with E-state index in [1.165, 1.54) is 0 Å². The maximum Gasteiger partial charge on any atom is 0.143 e. The van der Waals surface area contributed by atoms with Crippen LogP contribution < -0.4 is 5.32 Å².